The Kier molecular flexibility index (Phi) is 7.16. The molecule has 0 bridgehead atoms. The van der Waals surface area contributed by atoms with Crippen molar-refractivity contribution in [3.8, 4) is 0 Å². The van der Waals surface area contributed by atoms with Gasteiger partial charge < -0.3 is 15.2 Å². The predicted molar refractivity (Wildman–Crippen MR) is 86.4 cm³/mol. The van der Waals surface area contributed by atoms with Crippen LogP contribution in [-0.2, 0) is 14.3 Å². The predicted octanol–water partition coefficient (Wildman–Crippen LogP) is 1.99. The average molecular weight is 322 g/mol. The van der Waals surface area contributed by atoms with Crippen LogP contribution in [0.2, 0.25) is 0 Å². The minimum atomic E-state index is -1.21. The van der Waals surface area contributed by atoms with Gasteiger partial charge in [0.1, 0.15) is 6.10 Å². The number of esters is 1. The molecule has 128 valence electrons. The molecule has 0 aromatic carbocycles. The second-order valence-electron chi connectivity index (χ2n) is 6.22. The Morgan fingerprint density at radius 1 is 1.39 bits per heavy atom. The Morgan fingerprint density at radius 3 is 2.61 bits per heavy atom. The highest BCUT2D eigenvalue weighted by molar-refractivity contribution is 5.85. The molecule has 2 atom stereocenters. The summed E-state index contributed by atoms with van der Waals surface area (Å²) < 4.78 is 4.97. The second-order valence-corrected chi connectivity index (χ2v) is 6.22. The summed E-state index contributed by atoms with van der Waals surface area (Å²) in [4.78, 5) is 28.3. The molecule has 0 fully saturated rings. The number of aliphatic hydroxyl groups is 1. The number of aromatic nitrogens is 1. The van der Waals surface area contributed by atoms with Gasteiger partial charge >= 0.3 is 5.97 Å². The van der Waals surface area contributed by atoms with Crippen LogP contribution in [0.3, 0.4) is 0 Å². The SMILES string of the molecule is CCOC(=O)C(NC(=O)CC(C)(C)CC)C(O)c1cccnc1. The van der Waals surface area contributed by atoms with E-state index in [-0.39, 0.29) is 24.3 Å². The first kappa shape index (κ1) is 19.1. The minimum Gasteiger partial charge on any atom is -0.464 e. The number of nitrogens with one attached hydrogen (secondary N) is 1. The molecular formula is C17H26N2O4. The molecule has 0 aliphatic rings. The first-order valence-corrected chi connectivity index (χ1v) is 7.84. The maximum absolute atomic E-state index is 12.2. The normalized spacial score (nSPS) is 14.0. The molecule has 0 radical (unpaired) electrons. The van der Waals surface area contributed by atoms with Crippen molar-refractivity contribution in [3.05, 3.63) is 30.1 Å². The van der Waals surface area contributed by atoms with Crippen LogP contribution in [0.25, 0.3) is 0 Å². The highest BCUT2D eigenvalue weighted by Crippen LogP contribution is 2.25. The molecule has 2 N–H and O–H groups in total. The maximum Gasteiger partial charge on any atom is 0.331 e. The van der Waals surface area contributed by atoms with Gasteiger partial charge in [-0.3, -0.25) is 9.78 Å². The van der Waals surface area contributed by atoms with Crippen LogP contribution in [0, 0.1) is 5.41 Å². The zero-order valence-electron chi connectivity index (χ0n) is 14.2. The Bertz CT molecular complexity index is 517. The lowest BCUT2D eigenvalue weighted by Crippen LogP contribution is -2.46. The standard InChI is InChI=1S/C17H26N2O4/c1-5-17(3,4)10-13(20)19-14(16(22)23-6-2)15(21)12-8-7-9-18-11-12/h7-9,11,14-15,21H,5-6,10H2,1-4H3,(H,19,20). The molecule has 1 amide bonds. The zero-order valence-corrected chi connectivity index (χ0v) is 14.2. The molecule has 1 aromatic rings. The van der Waals surface area contributed by atoms with E-state index in [4.69, 9.17) is 4.74 Å². The monoisotopic (exact) mass is 322 g/mol. The Labute approximate surface area is 137 Å². The van der Waals surface area contributed by atoms with Gasteiger partial charge in [-0.2, -0.15) is 0 Å². The molecule has 1 rings (SSSR count). The number of hydrogen-bond acceptors (Lipinski definition) is 5. The molecule has 0 aliphatic heterocycles. The fraction of sp³-hybridized carbons (Fsp3) is 0.588. The lowest BCUT2D eigenvalue weighted by Gasteiger charge is -2.26. The highest BCUT2D eigenvalue weighted by Gasteiger charge is 2.32. The van der Waals surface area contributed by atoms with Crippen molar-refractivity contribution in [3.63, 3.8) is 0 Å². The number of amides is 1. The smallest absolute Gasteiger partial charge is 0.331 e. The number of aliphatic hydroxyl groups excluding tert-OH is 1. The van der Waals surface area contributed by atoms with Crippen LogP contribution in [0.4, 0.5) is 0 Å². The summed E-state index contributed by atoms with van der Waals surface area (Å²) in [5.74, 6) is -0.954. The molecule has 1 aromatic heterocycles. The van der Waals surface area contributed by atoms with E-state index in [0.717, 1.165) is 6.42 Å². The third-order valence-electron chi connectivity index (χ3n) is 3.79. The van der Waals surface area contributed by atoms with Gasteiger partial charge in [-0.05, 0) is 18.4 Å². The van der Waals surface area contributed by atoms with Crippen LogP contribution < -0.4 is 5.32 Å². The third-order valence-corrected chi connectivity index (χ3v) is 3.79. The zero-order chi connectivity index (χ0) is 17.5. The van der Waals surface area contributed by atoms with Crippen molar-refractivity contribution < 1.29 is 19.4 Å². The average Bonchev–Trinajstić information content (AvgIpc) is 2.52. The fourth-order valence-electron chi connectivity index (χ4n) is 2.03. The van der Waals surface area contributed by atoms with Crippen LogP contribution in [0.15, 0.2) is 24.5 Å². The molecule has 6 heteroatoms. The molecule has 0 saturated heterocycles. The summed E-state index contributed by atoms with van der Waals surface area (Å²) in [7, 11) is 0. The van der Waals surface area contributed by atoms with Gasteiger partial charge in [0.2, 0.25) is 5.91 Å². The lowest BCUT2D eigenvalue weighted by molar-refractivity contribution is -0.151. The van der Waals surface area contributed by atoms with Crippen molar-refractivity contribution >= 4 is 11.9 Å². The Balaban J connectivity index is 2.89. The summed E-state index contributed by atoms with van der Waals surface area (Å²) >= 11 is 0. The van der Waals surface area contributed by atoms with Gasteiger partial charge in [-0.25, -0.2) is 4.79 Å². The summed E-state index contributed by atoms with van der Waals surface area (Å²) in [6.45, 7) is 7.80. The van der Waals surface area contributed by atoms with E-state index in [2.05, 4.69) is 10.3 Å². The van der Waals surface area contributed by atoms with Crippen molar-refractivity contribution in [1.29, 1.82) is 0 Å². The van der Waals surface area contributed by atoms with Gasteiger partial charge in [0.25, 0.3) is 0 Å². The number of rotatable bonds is 8. The highest BCUT2D eigenvalue weighted by atomic mass is 16.5. The first-order valence-electron chi connectivity index (χ1n) is 7.84. The third kappa shape index (κ3) is 5.98. The second kappa shape index (κ2) is 8.62. The molecule has 23 heavy (non-hydrogen) atoms. The molecule has 0 aliphatic carbocycles. The van der Waals surface area contributed by atoms with E-state index in [1.807, 2.05) is 20.8 Å². The van der Waals surface area contributed by atoms with Gasteiger partial charge in [0.05, 0.1) is 6.61 Å². The van der Waals surface area contributed by atoms with E-state index < -0.39 is 18.1 Å². The van der Waals surface area contributed by atoms with E-state index in [1.54, 1.807) is 25.3 Å². The molecule has 6 nitrogen and oxygen atoms in total. The van der Waals surface area contributed by atoms with E-state index in [9.17, 15) is 14.7 Å². The molecule has 0 saturated carbocycles. The van der Waals surface area contributed by atoms with Crippen LogP contribution in [0.1, 0.15) is 52.2 Å². The van der Waals surface area contributed by atoms with Gasteiger partial charge in [-0.15, -0.1) is 0 Å². The van der Waals surface area contributed by atoms with Crippen molar-refractivity contribution in [1.82, 2.24) is 10.3 Å². The van der Waals surface area contributed by atoms with E-state index in [0.29, 0.717) is 5.56 Å². The summed E-state index contributed by atoms with van der Waals surface area (Å²) in [5.41, 5.74) is 0.267. The number of nitrogens with zero attached hydrogens (tertiary/aromatic N) is 1. The number of ether oxygens (including phenoxy) is 1. The molecular weight excluding hydrogens is 296 g/mol. The number of carbonyl (C=O) groups is 2. The largest absolute Gasteiger partial charge is 0.464 e. The van der Waals surface area contributed by atoms with Crippen molar-refractivity contribution in [2.45, 2.75) is 52.7 Å². The Hall–Kier alpha value is -1.95. The number of carbonyl (C=O) groups excluding carboxylic acids is 2. The number of pyridine rings is 1. The van der Waals surface area contributed by atoms with Crippen LogP contribution in [0.5, 0.6) is 0 Å². The van der Waals surface area contributed by atoms with Crippen molar-refractivity contribution in [2.75, 3.05) is 6.61 Å². The molecule has 0 spiro atoms. The van der Waals surface area contributed by atoms with Gasteiger partial charge in [0.15, 0.2) is 6.04 Å². The first-order chi connectivity index (χ1) is 10.8. The van der Waals surface area contributed by atoms with E-state index in [1.165, 1.54) is 6.20 Å². The molecule has 2 unspecified atom stereocenters. The Morgan fingerprint density at radius 2 is 2.09 bits per heavy atom. The summed E-state index contributed by atoms with van der Waals surface area (Å²) in [6.07, 6.45) is 2.91. The van der Waals surface area contributed by atoms with Crippen LogP contribution >= 0.6 is 0 Å². The number of hydrogen-bond donors (Lipinski definition) is 2. The fourth-order valence-corrected chi connectivity index (χ4v) is 2.03. The van der Waals surface area contributed by atoms with Gasteiger partial charge in [0, 0.05) is 24.4 Å². The summed E-state index contributed by atoms with van der Waals surface area (Å²) in [5, 5.41) is 13.0. The quantitative estimate of drug-likeness (QED) is 0.715. The van der Waals surface area contributed by atoms with E-state index >= 15 is 0 Å². The lowest BCUT2D eigenvalue weighted by atomic mass is 9.86. The maximum atomic E-state index is 12.2. The summed E-state index contributed by atoms with van der Waals surface area (Å²) in [6, 6.07) is 2.15. The topological polar surface area (TPSA) is 88.5 Å². The minimum absolute atomic E-state index is 0.172. The van der Waals surface area contributed by atoms with Crippen LogP contribution in [-0.4, -0.2) is 34.6 Å². The van der Waals surface area contributed by atoms with Gasteiger partial charge in [-0.1, -0.05) is 33.3 Å². The molecule has 1 heterocycles. The van der Waals surface area contributed by atoms with Crippen molar-refractivity contribution in [2.24, 2.45) is 5.41 Å².